The number of nitrogens with one attached hydrogen (secondary N) is 1. The van der Waals surface area contributed by atoms with Gasteiger partial charge in [0.25, 0.3) is 5.91 Å². The fourth-order valence-electron chi connectivity index (χ4n) is 5.55. The number of aromatic nitrogens is 2. The Hall–Kier alpha value is -5.25. The third-order valence-corrected chi connectivity index (χ3v) is 8.26. The molecular formula is C34H27F7N4O5. The number of ether oxygens (including phenoxy) is 2. The third-order valence-electron chi connectivity index (χ3n) is 8.26. The standard InChI is InChI=1S/C34H27F7N4O5/c35-20-6-3-17(4-7-20)28-29-23(19(15-49-29)13-27(42)46)14-26(45-28)32(48,34(39,40)41)16-44-31(47)18-5-10-25(50-21-8-9-21)24(12-18)22-2-1-11-43-30(22)33(36,37)38/h1-7,10-12,14,19,21,48H,8-9,13,15-16H2,(H2,42,46)(H,44,47)/t19-,32?/m1/s1. The van der Waals surface area contributed by atoms with Gasteiger partial charge < -0.3 is 25.6 Å². The summed E-state index contributed by atoms with van der Waals surface area (Å²) >= 11 is 0. The highest BCUT2D eigenvalue weighted by Gasteiger charge is 2.57. The second-order valence-corrected chi connectivity index (χ2v) is 11.9. The van der Waals surface area contributed by atoms with E-state index in [0.717, 1.165) is 36.5 Å². The van der Waals surface area contributed by atoms with Gasteiger partial charge in [0, 0.05) is 46.4 Å². The number of carbonyl (C=O) groups is 2. The number of primary amides is 1. The van der Waals surface area contributed by atoms with Gasteiger partial charge in [-0.2, -0.15) is 26.3 Å². The Kier molecular flexibility index (Phi) is 8.92. The zero-order chi connectivity index (χ0) is 36.0. The number of alkyl halides is 6. The molecule has 16 heteroatoms. The van der Waals surface area contributed by atoms with Gasteiger partial charge in [-0.15, -0.1) is 0 Å². The molecule has 1 unspecified atom stereocenters. The second kappa shape index (κ2) is 12.9. The molecule has 4 aromatic rings. The van der Waals surface area contributed by atoms with Crippen molar-refractivity contribution in [2.24, 2.45) is 5.73 Å². The van der Waals surface area contributed by atoms with Gasteiger partial charge in [-0.3, -0.25) is 14.6 Å². The smallest absolute Gasteiger partial charge is 0.433 e. The number of pyridine rings is 2. The largest absolute Gasteiger partial charge is 0.490 e. The summed E-state index contributed by atoms with van der Waals surface area (Å²) in [6.07, 6.45) is -8.64. The highest BCUT2D eigenvalue weighted by atomic mass is 19.4. The highest BCUT2D eigenvalue weighted by Crippen LogP contribution is 2.47. The van der Waals surface area contributed by atoms with Crippen LogP contribution in [0, 0.1) is 5.82 Å². The lowest BCUT2D eigenvalue weighted by Gasteiger charge is -2.31. The van der Waals surface area contributed by atoms with Crippen LogP contribution in [-0.2, 0) is 16.6 Å². The zero-order valence-electron chi connectivity index (χ0n) is 25.7. The van der Waals surface area contributed by atoms with Crippen LogP contribution in [0.1, 0.15) is 52.5 Å². The normalized spacial score (nSPS) is 17.0. The number of hydrogen-bond donors (Lipinski definition) is 3. The zero-order valence-corrected chi connectivity index (χ0v) is 25.7. The van der Waals surface area contributed by atoms with Gasteiger partial charge in [-0.25, -0.2) is 9.37 Å². The molecule has 2 aromatic carbocycles. The average Bonchev–Trinajstić information content (AvgIpc) is 3.80. The third kappa shape index (κ3) is 6.92. The summed E-state index contributed by atoms with van der Waals surface area (Å²) in [7, 11) is 0. The molecule has 262 valence electrons. The maximum atomic E-state index is 14.8. The Morgan fingerprint density at radius 1 is 1.00 bits per heavy atom. The summed E-state index contributed by atoms with van der Waals surface area (Å²) in [6.45, 7) is -1.63. The molecule has 9 nitrogen and oxygen atoms in total. The van der Waals surface area contributed by atoms with Crippen molar-refractivity contribution in [1.29, 1.82) is 0 Å². The summed E-state index contributed by atoms with van der Waals surface area (Å²) in [5.74, 6) is -3.36. The van der Waals surface area contributed by atoms with E-state index in [1.54, 1.807) is 0 Å². The minimum atomic E-state index is -5.45. The number of halogens is 7. The fraction of sp³-hybridized carbons (Fsp3) is 0.294. The van der Waals surface area contributed by atoms with Crippen molar-refractivity contribution in [3.8, 4) is 33.9 Å². The molecule has 0 spiro atoms. The number of rotatable bonds is 10. The molecule has 2 atom stereocenters. The maximum absolute atomic E-state index is 14.8. The Morgan fingerprint density at radius 2 is 1.72 bits per heavy atom. The molecule has 0 bridgehead atoms. The SMILES string of the molecule is NC(=O)C[C@@H]1COc2c1cc(C(O)(CNC(=O)c1ccc(OC3CC3)c(-c3cccnc3C(F)(F)F)c1)C(F)(F)F)nc2-c1ccc(F)cc1. The lowest BCUT2D eigenvalue weighted by atomic mass is 9.90. The van der Waals surface area contributed by atoms with E-state index in [1.165, 1.54) is 30.3 Å². The van der Waals surface area contributed by atoms with Crippen molar-refractivity contribution in [2.45, 2.75) is 49.2 Å². The molecule has 0 radical (unpaired) electrons. The van der Waals surface area contributed by atoms with Gasteiger partial charge in [-0.1, -0.05) is 6.07 Å². The first-order valence-electron chi connectivity index (χ1n) is 15.2. The van der Waals surface area contributed by atoms with Crippen LogP contribution in [0.15, 0.2) is 66.9 Å². The van der Waals surface area contributed by atoms with Crippen LogP contribution in [0.25, 0.3) is 22.4 Å². The van der Waals surface area contributed by atoms with Crippen LogP contribution in [0.2, 0.25) is 0 Å². The molecule has 6 rings (SSSR count). The van der Waals surface area contributed by atoms with E-state index >= 15 is 0 Å². The molecule has 1 fully saturated rings. The molecule has 1 aliphatic heterocycles. The Bertz CT molecular complexity index is 1950. The summed E-state index contributed by atoms with van der Waals surface area (Å²) in [5, 5.41) is 13.3. The molecule has 50 heavy (non-hydrogen) atoms. The molecule has 2 aliphatic rings. The first kappa shape index (κ1) is 34.6. The monoisotopic (exact) mass is 704 g/mol. The number of carbonyl (C=O) groups excluding carboxylic acids is 2. The van der Waals surface area contributed by atoms with E-state index in [0.29, 0.717) is 12.8 Å². The van der Waals surface area contributed by atoms with Gasteiger partial charge in [0.05, 0.1) is 24.9 Å². The van der Waals surface area contributed by atoms with E-state index < -0.39 is 65.0 Å². The van der Waals surface area contributed by atoms with Crippen LogP contribution in [0.4, 0.5) is 30.7 Å². The number of hydrogen-bond acceptors (Lipinski definition) is 7. The first-order valence-corrected chi connectivity index (χ1v) is 15.2. The number of nitrogens with two attached hydrogens (primary N) is 1. The van der Waals surface area contributed by atoms with Crippen LogP contribution in [0.5, 0.6) is 11.5 Å². The van der Waals surface area contributed by atoms with E-state index in [-0.39, 0.29) is 58.6 Å². The van der Waals surface area contributed by atoms with Gasteiger partial charge in [-0.05, 0) is 67.4 Å². The molecule has 4 N–H and O–H groups in total. The van der Waals surface area contributed by atoms with Gasteiger partial charge in [0.15, 0.2) is 5.69 Å². The minimum absolute atomic E-state index is 0.00910. The number of nitrogens with zero attached hydrogens (tertiary/aromatic N) is 2. The fourth-order valence-corrected chi connectivity index (χ4v) is 5.55. The highest BCUT2D eigenvalue weighted by molar-refractivity contribution is 5.96. The molecule has 3 heterocycles. The second-order valence-electron chi connectivity index (χ2n) is 11.9. The van der Waals surface area contributed by atoms with Crippen molar-refractivity contribution in [1.82, 2.24) is 15.3 Å². The van der Waals surface area contributed by atoms with Crippen LogP contribution in [0.3, 0.4) is 0 Å². The van der Waals surface area contributed by atoms with Crippen molar-refractivity contribution < 1.29 is 54.9 Å². The van der Waals surface area contributed by atoms with E-state index in [4.69, 9.17) is 15.2 Å². The summed E-state index contributed by atoms with van der Waals surface area (Å²) in [5.41, 5.74) is -1.62. The van der Waals surface area contributed by atoms with Crippen molar-refractivity contribution in [3.63, 3.8) is 0 Å². The van der Waals surface area contributed by atoms with Crippen LogP contribution in [-0.4, -0.2) is 52.3 Å². The number of aliphatic hydroxyl groups is 1. The van der Waals surface area contributed by atoms with Gasteiger partial charge >= 0.3 is 12.4 Å². The van der Waals surface area contributed by atoms with Crippen LogP contribution < -0.4 is 20.5 Å². The molecule has 0 saturated heterocycles. The van der Waals surface area contributed by atoms with E-state index in [2.05, 4.69) is 9.97 Å². The van der Waals surface area contributed by atoms with Gasteiger partial charge in [0.1, 0.15) is 23.0 Å². The van der Waals surface area contributed by atoms with E-state index in [1.807, 2.05) is 5.32 Å². The average molecular weight is 705 g/mol. The Labute approximate surface area is 279 Å². The maximum Gasteiger partial charge on any atom is 0.433 e. The topological polar surface area (TPSA) is 137 Å². The predicted octanol–water partition coefficient (Wildman–Crippen LogP) is 6.04. The number of amides is 2. The van der Waals surface area contributed by atoms with Crippen molar-refractivity contribution in [2.75, 3.05) is 13.2 Å². The lowest BCUT2D eigenvalue weighted by molar-refractivity contribution is -0.265. The van der Waals surface area contributed by atoms with Gasteiger partial charge in [0.2, 0.25) is 11.5 Å². The molecule has 2 aromatic heterocycles. The minimum Gasteiger partial charge on any atom is -0.490 e. The number of fused-ring (bicyclic) bond motifs is 1. The Balaban J connectivity index is 1.37. The summed E-state index contributed by atoms with van der Waals surface area (Å²) in [6, 6.07) is 11.3. The Morgan fingerprint density at radius 3 is 2.36 bits per heavy atom. The molecule has 1 aliphatic carbocycles. The lowest BCUT2D eigenvalue weighted by Crippen LogP contribution is -2.51. The van der Waals surface area contributed by atoms with Crippen molar-refractivity contribution in [3.05, 3.63) is 95.2 Å². The summed E-state index contributed by atoms with van der Waals surface area (Å²) in [4.78, 5) is 32.6. The predicted molar refractivity (Wildman–Crippen MR) is 162 cm³/mol. The van der Waals surface area contributed by atoms with E-state index in [9.17, 15) is 45.4 Å². The molecule has 1 saturated carbocycles. The van der Waals surface area contributed by atoms with Crippen molar-refractivity contribution >= 4 is 11.8 Å². The quantitative estimate of drug-likeness (QED) is 0.171. The molecular weight excluding hydrogens is 677 g/mol. The summed E-state index contributed by atoms with van der Waals surface area (Å²) < 4.78 is 111. The number of benzene rings is 2. The van der Waals surface area contributed by atoms with Crippen LogP contribution >= 0.6 is 0 Å². The first-order chi connectivity index (χ1) is 23.5. The molecule has 2 amide bonds.